The first-order chi connectivity index (χ1) is 12.9. The largest absolute Gasteiger partial charge is 0.351 e. The zero-order valence-corrected chi connectivity index (χ0v) is 17.4. The number of rotatable bonds is 6. The minimum Gasteiger partial charge on any atom is -0.351 e. The Balaban J connectivity index is 1.67. The predicted molar refractivity (Wildman–Crippen MR) is 99.5 cm³/mol. The van der Waals surface area contributed by atoms with Crippen molar-refractivity contribution < 1.29 is 22.0 Å². The lowest BCUT2D eigenvalue weighted by Gasteiger charge is -2.44. The molecule has 0 spiro atoms. The number of amides is 1. The number of halogens is 2. The van der Waals surface area contributed by atoms with E-state index in [2.05, 4.69) is 10.4 Å². The molecular formula is C17H27F2N5O3S. The smallest absolute Gasteiger partial charge is 0.262 e. The standard InChI is InChI=1S/C17H27F2N5O3S/c1-5-24-12(3)14(11(2)21-24)7-20-16(25)15-6-17(18,19)10-23(15)13-8-22(9-13)28(4,26)27/h13,15H,5-10H2,1-4H3,(H,20,25)/t15-/m0/s1. The van der Waals surface area contributed by atoms with E-state index < -0.39 is 40.9 Å². The number of carbonyl (C=O) groups is 1. The Morgan fingerprint density at radius 3 is 2.50 bits per heavy atom. The summed E-state index contributed by atoms with van der Waals surface area (Å²) in [4.78, 5) is 14.1. The molecule has 1 N–H and O–H groups in total. The molecule has 2 fully saturated rings. The van der Waals surface area contributed by atoms with E-state index in [-0.39, 0.29) is 25.7 Å². The van der Waals surface area contributed by atoms with Crippen molar-refractivity contribution >= 4 is 15.9 Å². The number of sulfonamides is 1. The first kappa shape index (κ1) is 21.1. The van der Waals surface area contributed by atoms with Crippen LogP contribution >= 0.6 is 0 Å². The summed E-state index contributed by atoms with van der Waals surface area (Å²) in [6.07, 6.45) is 0.535. The Labute approximate surface area is 163 Å². The fourth-order valence-corrected chi connectivity index (χ4v) is 4.84. The minimum atomic E-state index is -3.34. The third-order valence-corrected chi connectivity index (χ3v) is 6.88. The van der Waals surface area contributed by atoms with Gasteiger partial charge in [-0.3, -0.25) is 14.4 Å². The van der Waals surface area contributed by atoms with Crippen LogP contribution in [0.1, 0.15) is 30.3 Å². The lowest BCUT2D eigenvalue weighted by Crippen LogP contribution is -2.63. The van der Waals surface area contributed by atoms with Crippen LogP contribution in [0.5, 0.6) is 0 Å². The van der Waals surface area contributed by atoms with Crippen molar-refractivity contribution in [2.24, 2.45) is 0 Å². The highest BCUT2D eigenvalue weighted by molar-refractivity contribution is 7.88. The third-order valence-electron chi connectivity index (χ3n) is 5.65. The second-order valence-electron chi connectivity index (χ2n) is 7.66. The van der Waals surface area contributed by atoms with Gasteiger partial charge in [0.1, 0.15) is 0 Å². The van der Waals surface area contributed by atoms with Crippen molar-refractivity contribution in [1.29, 1.82) is 0 Å². The van der Waals surface area contributed by atoms with Gasteiger partial charge in [-0.1, -0.05) is 0 Å². The van der Waals surface area contributed by atoms with Crippen molar-refractivity contribution in [3.05, 3.63) is 17.0 Å². The van der Waals surface area contributed by atoms with Gasteiger partial charge in [0, 0.05) is 49.9 Å². The molecule has 3 heterocycles. The number of alkyl halides is 2. The number of aromatic nitrogens is 2. The molecule has 0 bridgehead atoms. The number of nitrogens with zero attached hydrogens (tertiary/aromatic N) is 4. The Hall–Kier alpha value is -1.59. The Morgan fingerprint density at radius 2 is 1.96 bits per heavy atom. The van der Waals surface area contributed by atoms with Gasteiger partial charge < -0.3 is 5.32 Å². The van der Waals surface area contributed by atoms with Gasteiger partial charge in [0.15, 0.2) is 0 Å². The normalized spacial score (nSPS) is 23.7. The van der Waals surface area contributed by atoms with Crippen LogP contribution in [-0.4, -0.2) is 77.2 Å². The Kier molecular flexibility index (Phi) is 5.54. The summed E-state index contributed by atoms with van der Waals surface area (Å²) in [7, 11) is -3.34. The number of carbonyl (C=O) groups excluding carboxylic acids is 1. The molecule has 2 aliphatic heterocycles. The molecule has 0 aliphatic carbocycles. The molecule has 3 rings (SSSR count). The van der Waals surface area contributed by atoms with Crippen LogP contribution in [0, 0.1) is 13.8 Å². The molecule has 0 radical (unpaired) electrons. The van der Waals surface area contributed by atoms with E-state index in [1.165, 1.54) is 9.21 Å². The average molecular weight is 419 g/mol. The SMILES string of the molecule is CCn1nc(C)c(CNC(=O)[C@@H]2CC(F)(F)CN2C2CN(S(C)(=O)=O)C2)c1C. The molecule has 2 saturated heterocycles. The van der Waals surface area contributed by atoms with E-state index in [4.69, 9.17) is 0 Å². The molecule has 0 unspecified atom stereocenters. The maximum absolute atomic E-state index is 14.0. The van der Waals surface area contributed by atoms with Gasteiger partial charge in [-0.25, -0.2) is 17.2 Å². The summed E-state index contributed by atoms with van der Waals surface area (Å²) in [6, 6.07) is -1.34. The van der Waals surface area contributed by atoms with Crippen LogP contribution in [-0.2, 0) is 27.9 Å². The van der Waals surface area contributed by atoms with Gasteiger partial charge in [-0.2, -0.15) is 9.40 Å². The average Bonchev–Trinajstić information content (AvgIpc) is 2.98. The fourth-order valence-electron chi connectivity index (χ4n) is 3.96. The summed E-state index contributed by atoms with van der Waals surface area (Å²) in [6.45, 7) is 6.42. The molecule has 0 saturated carbocycles. The van der Waals surface area contributed by atoms with Crippen molar-refractivity contribution in [2.45, 2.75) is 58.3 Å². The fraction of sp³-hybridized carbons (Fsp3) is 0.765. The molecule has 158 valence electrons. The highest BCUT2D eigenvalue weighted by Crippen LogP contribution is 2.36. The quantitative estimate of drug-likeness (QED) is 0.725. The van der Waals surface area contributed by atoms with Crippen molar-refractivity contribution in [3.8, 4) is 0 Å². The Morgan fingerprint density at radius 1 is 1.32 bits per heavy atom. The number of hydrogen-bond acceptors (Lipinski definition) is 5. The van der Waals surface area contributed by atoms with Crippen LogP contribution in [0.2, 0.25) is 0 Å². The summed E-state index contributed by atoms with van der Waals surface area (Å²) in [5, 5.41) is 7.17. The molecule has 8 nitrogen and oxygen atoms in total. The van der Waals surface area contributed by atoms with Crippen LogP contribution in [0.4, 0.5) is 8.78 Å². The second kappa shape index (κ2) is 7.34. The van der Waals surface area contributed by atoms with E-state index >= 15 is 0 Å². The zero-order valence-electron chi connectivity index (χ0n) is 16.6. The number of aryl methyl sites for hydroxylation is 2. The van der Waals surface area contributed by atoms with E-state index in [1.54, 1.807) is 0 Å². The van der Waals surface area contributed by atoms with E-state index in [0.29, 0.717) is 6.54 Å². The van der Waals surface area contributed by atoms with E-state index in [9.17, 15) is 22.0 Å². The van der Waals surface area contributed by atoms with E-state index in [0.717, 1.165) is 23.2 Å². The lowest BCUT2D eigenvalue weighted by atomic mass is 10.1. The lowest BCUT2D eigenvalue weighted by molar-refractivity contribution is -0.127. The molecule has 11 heteroatoms. The van der Waals surface area contributed by atoms with Crippen LogP contribution < -0.4 is 5.32 Å². The molecule has 28 heavy (non-hydrogen) atoms. The van der Waals surface area contributed by atoms with Crippen LogP contribution in [0.15, 0.2) is 0 Å². The molecule has 1 aromatic rings. The molecule has 2 aliphatic rings. The van der Waals surface area contributed by atoms with Gasteiger partial charge in [0.2, 0.25) is 15.9 Å². The van der Waals surface area contributed by atoms with Gasteiger partial charge in [0.05, 0.1) is 24.5 Å². The maximum atomic E-state index is 14.0. The van der Waals surface area contributed by atoms with Gasteiger partial charge >= 0.3 is 0 Å². The topological polar surface area (TPSA) is 87.5 Å². The molecule has 1 amide bonds. The van der Waals surface area contributed by atoms with Crippen LogP contribution in [0.3, 0.4) is 0 Å². The second-order valence-corrected chi connectivity index (χ2v) is 9.65. The van der Waals surface area contributed by atoms with Crippen molar-refractivity contribution in [1.82, 2.24) is 24.3 Å². The minimum absolute atomic E-state index is 0.139. The Bertz CT molecular complexity index is 864. The van der Waals surface area contributed by atoms with Crippen molar-refractivity contribution in [3.63, 3.8) is 0 Å². The third kappa shape index (κ3) is 4.06. The predicted octanol–water partition coefficient (Wildman–Crippen LogP) is 0.489. The maximum Gasteiger partial charge on any atom is 0.262 e. The highest BCUT2D eigenvalue weighted by atomic mass is 32.2. The summed E-state index contributed by atoms with van der Waals surface area (Å²) in [5.41, 5.74) is 2.63. The van der Waals surface area contributed by atoms with Gasteiger partial charge in [-0.05, 0) is 20.8 Å². The molecule has 0 aromatic carbocycles. The molecular weight excluding hydrogens is 392 g/mol. The molecule has 1 atom stereocenters. The number of hydrogen-bond donors (Lipinski definition) is 1. The van der Waals surface area contributed by atoms with Crippen LogP contribution in [0.25, 0.3) is 0 Å². The van der Waals surface area contributed by atoms with Crippen molar-refractivity contribution in [2.75, 3.05) is 25.9 Å². The first-order valence-electron chi connectivity index (χ1n) is 9.32. The summed E-state index contributed by atoms with van der Waals surface area (Å²) >= 11 is 0. The highest BCUT2D eigenvalue weighted by Gasteiger charge is 2.53. The van der Waals surface area contributed by atoms with E-state index in [1.807, 2.05) is 25.5 Å². The number of nitrogens with one attached hydrogen (secondary N) is 1. The zero-order chi connectivity index (χ0) is 20.9. The number of likely N-dealkylation sites (tertiary alicyclic amines) is 1. The van der Waals surface area contributed by atoms with Gasteiger partial charge in [0.25, 0.3) is 5.92 Å². The van der Waals surface area contributed by atoms with Gasteiger partial charge in [-0.15, -0.1) is 0 Å². The monoisotopic (exact) mass is 419 g/mol. The first-order valence-corrected chi connectivity index (χ1v) is 11.2. The molecule has 1 aromatic heterocycles. The summed E-state index contributed by atoms with van der Waals surface area (Å²) in [5.74, 6) is -3.43. The summed E-state index contributed by atoms with van der Waals surface area (Å²) < 4.78 is 54.2.